The van der Waals surface area contributed by atoms with E-state index >= 15 is 0 Å². The SMILES string of the molecule is CC/C=C\C/C=C\C/C=C\C/C=C\C/C=C\C/C=C\CCCCC(=O)OCC(COC(=O)CCCCCCCCCCCCCCCCCCC)OC(=O)CCCCCCCC/C=C\C/C=C\C/C=C\C/C=C\CC. The number of hydrogen-bond acceptors (Lipinski definition) is 6. The van der Waals surface area contributed by atoms with Gasteiger partial charge in [0.1, 0.15) is 13.2 Å². The molecule has 426 valence electrons. The van der Waals surface area contributed by atoms with Crippen molar-refractivity contribution in [1.82, 2.24) is 0 Å². The first-order valence-corrected chi connectivity index (χ1v) is 31.0. The molecule has 0 aliphatic carbocycles. The summed E-state index contributed by atoms with van der Waals surface area (Å²) in [7, 11) is 0. The van der Waals surface area contributed by atoms with Gasteiger partial charge in [-0.1, -0.05) is 271 Å². The van der Waals surface area contributed by atoms with Crippen molar-refractivity contribution in [2.24, 2.45) is 0 Å². The monoisotopic (exact) mass is 1040 g/mol. The van der Waals surface area contributed by atoms with Crippen molar-refractivity contribution in [3.63, 3.8) is 0 Å². The first-order valence-electron chi connectivity index (χ1n) is 31.0. The van der Waals surface area contributed by atoms with E-state index in [9.17, 15) is 14.4 Å². The zero-order chi connectivity index (χ0) is 54.3. The second kappa shape index (κ2) is 62.4. The van der Waals surface area contributed by atoms with Crippen molar-refractivity contribution in [3.05, 3.63) is 122 Å². The number of hydrogen-bond donors (Lipinski definition) is 0. The molecule has 6 nitrogen and oxygen atoms in total. The molecule has 6 heteroatoms. The van der Waals surface area contributed by atoms with Crippen LogP contribution in [0, 0.1) is 0 Å². The molecule has 0 aliphatic rings. The standard InChI is InChI=1S/C69H114O6/c1-4-7-10-13-16-19-22-25-28-31-33-34-36-38-41-44-47-50-53-56-59-62-68(71)74-65-66(64-73-67(70)61-58-55-52-49-46-43-40-37-30-27-24-21-18-15-12-9-6-3)75-69(72)63-60-57-54-51-48-45-42-39-35-32-29-26-23-20-17-14-11-8-5-2/h7-8,10-11,16-17,19-20,25-26,28-29,33-35,38-39,41,47,50,66H,4-6,9,12-15,18,21-24,27,30-32,36-37,40,42-46,48-49,51-65H2,1-3H3/b10-7-,11-8-,19-16-,20-17-,28-25-,29-26-,34-33-,39-35-,41-38-,50-47-. The molecule has 0 aromatic rings. The molecular formula is C69H114O6. The quantitative estimate of drug-likeness (QED) is 0.0261. The molecular weight excluding hydrogens is 925 g/mol. The number of rotatable bonds is 55. The van der Waals surface area contributed by atoms with Gasteiger partial charge in [-0.3, -0.25) is 14.4 Å². The van der Waals surface area contributed by atoms with Crippen LogP contribution >= 0.6 is 0 Å². The van der Waals surface area contributed by atoms with E-state index in [0.29, 0.717) is 25.7 Å². The third-order valence-electron chi connectivity index (χ3n) is 13.0. The Labute approximate surface area is 462 Å². The van der Waals surface area contributed by atoms with Crippen LogP contribution in [0.15, 0.2) is 122 Å². The maximum absolute atomic E-state index is 12.9. The molecule has 0 aromatic carbocycles. The van der Waals surface area contributed by atoms with Gasteiger partial charge in [0, 0.05) is 19.3 Å². The lowest BCUT2D eigenvalue weighted by Gasteiger charge is -2.18. The molecule has 0 rings (SSSR count). The van der Waals surface area contributed by atoms with Crippen LogP contribution in [-0.4, -0.2) is 37.2 Å². The zero-order valence-corrected chi connectivity index (χ0v) is 48.8. The second-order valence-electron chi connectivity index (χ2n) is 20.2. The van der Waals surface area contributed by atoms with Crippen LogP contribution in [0.2, 0.25) is 0 Å². The normalized spacial score (nSPS) is 12.9. The first-order chi connectivity index (χ1) is 37.0. The summed E-state index contributed by atoms with van der Waals surface area (Å²) in [6, 6.07) is 0. The van der Waals surface area contributed by atoms with Crippen LogP contribution in [0.5, 0.6) is 0 Å². The van der Waals surface area contributed by atoms with Crippen LogP contribution in [-0.2, 0) is 28.6 Å². The summed E-state index contributed by atoms with van der Waals surface area (Å²) < 4.78 is 16.9. The number of esters is 3. The predicted octanol–water partition coefficient (Wildman–Crippen LogP) is 21.2. The fourth-order valence-corrected chi connectivity index (χ4v) is 8.38. The van der Waals surface area contributed by atoms with Gasteiger partial charge < -0.3 is 14.2 Å². The molecule has 1 atom stereocenters. The molecule has 0 saturated heterocycles. The fourth-order valence-electron chi connectivity index (χ4n) is 8.38. The Morgan fingerprint density at radius 1 is 0.280 bits per heavy atom. The van der Waals surface area contributed by atoms with E-state index in [4.69, 9.17) is 14.2 Å². The maximum atomic E-state index is 12.9. The van der Waals surface area contributed by atoms with Crippen molar-refractivity contribution in [1.29, 1.82) is 0 Å². The van der Waals surface area contributed by atoms with Gasteiger partial charge in [0.25, 0.3) is 0 Å². The molecule has 0 saturated carbocycles. The fraction of sp³-hybridized carbons (Fsp3) is 0.667. The van der Waals surface area contributed by atoms with E-state index < -0.39 is 6.10 Å². The summed E-state index contributed by atoms with van der Waals surface area (Å²) in [5.74, 6) is -0.952. The number of carbonyl (C=O) groups is 3. The summed E-state index contributed by atoms with van der Waals surface area (Å²) in [6.45, 7) is 6.38. The third-order valence-corrected chi connectivity index (χ3v) is 13.0. The van der Waals surface area contributed by atoms with E-state index in [1.165, 1.54) is 103 Å². The Morgan fingerprint density at radius 2 is 0.520 bits per heavy atom. The summed E-state index contributed by atoms with van der Waals surface area (Å²) in [4.78, 5) is 38.3. The van der Waals surface area contributed by atoms with E-state index in [0.717, 1.165) is 128 Å². The van der Waals surface area contributed by atoms with Gasteiger partial charge in [0.2, 0.25) is 0 Å². The van der Waals surface area contributed by atoms with E-state index in [1.54, 1.807) is 0 Å². The molecule has 0 aromatic heterocycles. The first kappa shape index (κ1) is 70.8. The summed E-state index contributed by atoms with van der Waals surface area (Å²) in [6.07, 6.45) is 86.2. The maximum Gasteiger partial charge on any atom is 0.306 e. The van der Waals surface area contributed by atoms with Gasteiger partial charge in [-0.15, -0.1) is 0 Å². The largest absolute Gasteiger partial charge is 0.462 e. The van der Waals surface area contributed by atoms with Gasteiger partial charge in [0.05, 0.1) is 0 Å². The van der Waals surface area contributed by atoms with Gasteiger partial charge in [0.15, 0.2) is 6.10 Å². The second-order valence-corrected chi connectivity index (χ2v) is 20.2. The van der Waals surface area contributed by atoms with Crippen molar-refractivity contribution in [2.45, 2.75) is 284 Å². The minimum absolute atomic E-state index is 0.0984. The van der Waals surface area contributed by atoms with Crippen molar-refractivity contribution in [2.75, 3.05) is 13.2 Å². The minimum Gasteiger partial charge on any atom is -0.462 e. The lowest BCUT2D eigenvalue weighted by Crippen LogP contribution is -2.30. The molecule has 0 bridgehead atoms. The Kier molecular flexibility index (Phi) is 58.9. The molecule has 1 unspecified atom stereocenters. The number of unbranched alkanes of at least 4 members (excludes halogenated alkanes) is 24. The molecule has 0 aliphatic heterocycles. The van der Waals surface area contributed by atoms with E-state index in [1.807, 2.05) is 0 Å². The summed E-state index contributed by atoms with van der Waals surface area (Å²) in [5.41, 5.74) is 0. The Bertz CT molecular complexity index is 1570. The van der Waals surface area contributed by atoms with Gasteiger partial charge in [-0.2, -0.15) is 0 Å². The van der Waals surface area contributed by atoms with Crippen LogP contribution < -0.4 is 0 Å². The Balaban J connectivity index is 4.50. The smallest absolute Gasteiger partial charge is 0.306 e. The topological polar surface area (TPSA) is 78.9 Å². The van der Waals surface area contributed by atoms with Gasteiger partial charge in [-0.25, -0.2) is 0 Å². The highest BCUT2D eigenvalue weighted by atomic mass is 16.6. The highest BCUT2D eigenvalue weighted by molar-refractivity contribution is 5.71. The van der Waals surface area contributed by atoms with Gasteiger partial charge >= 0.3 is 17.9 Å². The van der Waals surface area contributed by atoms with Crippen LogP contribution in [0.1, 0.15) is 278 Å². The Morgan fingerprint density at radius 3 is 0.840 bits per heavy atom. The molecule has 75 heavy (non-hydrogen) atoms. The lowest BCUT2D eigenvalue weighted by molar-refractivity contribution is -0.167. The molecule has 0 N–H and O–H groups in total. The zero-order valence-electron chi connectivity index (χ0n) is 48.8. The van der Waals surface area contributed by atoms with Crippen LogP contribution in [0.4, 0.5) is 0 Å². The minimum atomic E-state index is -0.807. The average Bonchev–Trinajstić information content (AvgIpc) is 3.41. The molecule has 0 amide bonds. The van der Waals surface area contributed by atoms with Gasteiger partial charge in [-0.05, 0) is 109 Å². The summed E-state index contributed by atoms with van der Waals surface area (Å²) in [5, 5.41) is 0. The highest BCUT2D eigenvalue weighted by Gasteiger charge is 2.19. The summed E-state index contributed by atoms with van der Waals surface area (Å²) >= 11 is 0. The van der Waals surface area contributed by atoms with E-state index in [2.05, 4.69) is 142 Å². The van der Waals surface area contributed by atoms with Crippen molar-refractivity contribution in [3.8, 4) is 0 Å². The van der Waals surface area contributed by atoms with E-state index in [-0.39, 0.29) is 31.1 Å². The van der Waals surface area contributed by atoms with Crippen LogP contribution in [0.25, 0.3) is 0 Å². The molecule has 0 heterocycles. The number of ether oxygens (including phenoxy) is 3. The third kappa shape index (κ3) is 60.6. The average molecular weight is 1040 g/mol. The predicted molar refractivity (Wildman–Crippen MR) is 325 cm³/mol. The molecule has 0 spiro atoms. The number of allylic oxidation sites excluding steroid dienone is 20. The molecule has 0 fully saturated rings. The van der Waals surface area contributed by atoms with Crippen molar-refractivity contribution < 1.29 is 28.6 Å². The molecule has 0 radical (unpaired) electrons. The Hall–Kier alpha value is -4.19. The van der Waals surface area contributed by atoms with Crippen LogP contribution in [0.3, 0.4) is 0 Å². The number of carbonyl (C=O) groups excluding carboxylic acids is 3. The lowest BCUT2D eigenvalue weighted by atomic mass is 10.0. The van der Waals surface area contributed by atoms with Crippen molar-refractivity contribution >= 4 is 17.9 Å². The highest BCUT2D eigenvalue weighted by Crippen LogP contribution is 2.16.